The number of hydrogen-bond donors (Lipinski definition) is 4. The summed E-state index contributed by atoms with van der Waals surface area (Å²) in [6, 6.07) is 14.3. The number of carbonyl (C=O) groups excluding carboxylic acids is 2. The van der Waals surface area contributed by atoms with Crippen molar-refractivity contribution in [3.63, 3.8) is 0 Å². The molecule has 0 bridgehead atoms. The molecule has 0 aromatic heterocycles. The van der Waals surface area contributed by atoms with Crippen molar-refractivity contribution in [2.24, 2.45) is 5.92 Å². The van der Waals surface area contributed by atoms with Crippen LogP contribution < -0.4 is 26.2 Å². The molecule has 10 heteroatoms. The van der Waals surface area contributed by atoms with Gasteiger partial charge in [-0.1, -0.05) is 12.1 Å². The number of nitrogens with one attached hydrogen (secondary N) is 4. The van der Waals surface area contributed by atoms with Crippen LogP contribution in [0, 0.1) is 5.92 Å². The van der Waals surface area contributed by atoms with Gasteiger partial charge in [-0.3, -0.25) is 4.79 Å². The maximum atomic E-state index is 12.8. The second-order valence-corrected chi connectivity index (χ2v) is 8.30. The van der Waals surface area contributed by atoms with Crippen molar-refractivity contribution in [2.75, 3.05) is 29.9 Å². The summed E-state index contributed by atoms with van der Waals surface area (Å²) in [6.45, 7) is 1.43. The van der Waals surface area contributed by atoms with E-state index in [0.717, 1.165) is 22.6 Å². The number of benzene rings is 2. The Kier molecular flexibility index (Phi) is 6.62. The van der Waals surface area contributed by atoms with E-state index >= 15 is 0 Å². The third kappa shape index (κ3) is 5.88. The first-order valence-electron chi connectivity index (χ1n) is 10.9. The van der Waals surface area contributed by atoms with E-state index in [1.807, 2.05) is 53.4 Å². The number of hydrogen-bond acceptors (Lipinski definition) is 4. The number of alkyl halides is 3. The number of halogens is 3. The van der Waals surface area contributed by atoms with Crippen LogP contribution in [0.4, 0.5) is 35.0 Å². The molecule has 2 heterocycles. The van der Waals surface area contributed by atoms with Crippen molar-refractivity contribution in [3.05, 3.63) is 54.1 Å². The van der Waals surface area contributed by atoms with E-state index in [4.69, 9.17) is 0 Å². The van der Waals surface area contributed by atoms with Crippen molar-refractivity contribution < 1.29 is 22.8 Å². The summed E-state index contributed by atoms with van der Waals surface area (Å²) in [7, 11) is 0. The molecule has 2 aliphatic rings. The fourth-order valence-corrected chi connectivity index (χ4v) is 4.02. The molecule has 7 nitrogen and oxygen atoms in total. The van der Waals surface area contributed by atoms with Crippen LogP contribution in [0.2, 0.25) is 0 Å². The molecule has 33 heavy (non-hydrogen) atoms. The molecule has 0 aliphatic carbocycles. The number of carbonyl (C=O) groups is 2. The van der Waals surface area contributed by atoms with Gasteiger partial charge in [0.1, 0.15) is 6.04 Å². The van der Waals surface area contributed by atoms with Crippen LogP contribution in [-0.2, 0) is 11.3 Å². The molecule has 0 saturated carbocycles. The number of amides is 3. The SMILES string of the molecule is O=C1NCC(C(=O)NCc2ccc(Nc3ccc(N4CCC(C(F)(F)F)CC4)cc3)cc2)N1. The number of nitrogens with zero attached hydrogens (tertiary/aromatic N) is 1. The molecule has 4 N–H and O–H groups in total. The minimum Gasteiger partial charge on any atom is -0.372 e. The zero-order valence-electron chi connectivity index (χ0n) is 17.9. The normalized spacial score (nSPS) is 19.1. The quantitative estimate of drug-likeness (QED) is 0.531. The van der Waals surface area contributed by atoms with Crippen LogP contribution >= 0.6 is 0 Å². The van der Waals surface area contributed by atoms with Crippen molar-refractivity contribution in [3.8, 4) is 0 Å². The maximum Gasteiger partial charge on any atom is 0.391 e. The summed E-state index contributed by atoms with van der Waals surface area (Å²) in [5.41, 5.74) is 3.58. The lowest BCUT2D eigenvalue weighted by molar-refractivity contribution is -0.179. The molecule has 2 aromatic carbocycles. The summed E-state index contributed by atoms with van der Waals surface area (Å²) in [5, 5.41) is 11.2. The first kappa shape index (κ1) is 22.8. The molecule has 2 fully saturated rings. The molecule has 4 rings (SSSR count). The minimum atomic E-state index is -4.11. The van der Waals surface area contributed by atoms with Gasteiger partial charge < -0.3 is 26.2 Å². The Morgan fingerprint density at radius 3 is 2.15 bits per heavy atom. The zero-order valence-corrected chi connectivity index (χ0v) is 17.9. The Morgan fingerprint density at radius 1 is 1.00 bits per heavy atom. The number of piperidine rings is 1. The van der Waals surface area contributed by atoms with E-state index < -0.39 is 18.1 Å². The summed E-state index contributed by atoms with van der Waals surface area (Å²) >= 11 is 0. The van der Waals surface area contributed by atoms with Gasteiger partial charge in [-0.25, -0.2) is 4.79 Å². The Balaban J connectivity index is 1.25. The first-order chi connectivity index (χ1) is 15.8. The average molecular weight is 461 g/mol. The fraction of sp³-hybridized carbons (Fsp3) is 0.391. The maximum absolute atomic E-state index is 12.8. The number of anilines is 3. The van der Waals surface area contributed by atoms with Gasteiger partial charge in [0.2, 0.25) is 5.91 Å². The standard InChI is InChI=1S/C23H26F3N5O2/c24-23(25,26)16-9-11-31(12-10-16)19-7-5-18(6-8-19)29-17-3-1-15(2-4-17)13-27-21(32)20-14-28-22(33)30-20/h1-8,16,20,29H,9-14H2,(H,27,32)(H2,28,30,33). The topological polar surface area (TPSA) is 85.5 Å². The largest absolute Gasteiger partial charge is 0.391 e. The van der Waals surface area contributed by atoms with Crippen LogP contribution in [0.25, 0.3) is 0 Å². The van der Waals surface area contributed by atoms with E-state index in [0.29, 0.717) is 19.6 Å². The summed E-state index contributed by atoms with van der Waals surface area (Å²) in [6.07, 6.45) is -3.85. The predicted octanol–water partition coefficient (Wildman–Crippen LogP) is 3.51. The molecule has 0 spiro atoms. The van der Waals surface area contributed by atoms with E-state index in [2.05, 4.69) is 21.3 Å². The second-order valence-electron chi connectivity index (χ2n) is 8.30. The molecule has 176 valence electrons. The minimum absolute atomic E-state index is 0.127. The lowest BCUT2D eigenvalue weighted by Crippen LogP contribution is -2.42. The molecular weight excluding hydrogens is 435 g/mol. The highest BCUT2D eigenvalue weighted by Crippen LogP contribution is 2.35. The number of urea groups is 1. The van der Waals surface area contributed by atoms with E-state index in [1.54, 1.807) is 0 Å². The smallest absolute Gasteiger partial charge is 0.372 e. The fourth-order valence-electron chi connectivity index (χ4n) is 4.02. The van der Waals surface area contributed by atoms with Crippen LogP contribution in [0.1, 0.15) is 18.4 Å². The molecule has 3 amide bonds. The monoisotopic (exact) mass is 461 g/mol. The van der Waals surface area contributed by atoms with Crippen molar-refractivity contribution in [2.45, 2.75) is 31.6 Å². The second kappa shape index (κ2) is 9.60. The van der Waals surface area contributed by atoms with Crippen LogP contribution in [0.15, 0.2) is 48.5 Å². The van der Waals surface area contributed by atoms with Gasteiger partial charge in [-0.15, -0.1) is 0 Å². The molecule has 2 aliphatic heterocycles. The highest BCUT2D eigenvalue weighted by Gasteiger charge is 2.41. The highest BCUT2D eigenvalue weighted by atomic mass is 19.4. The first-order valence-corrected chi connectivity index (χ1v) is 10.9. The van der Waals surface area contributed by atoms with Crippen LogP contribution in [0.3, 0.4) is 0 Å². The highest BCUT2D eigenvalue weighted by molar-refractivity contribution is 5.90. The van der Waals surface area contributed by atoms with Crippen LogP contribution in [0.5, 0.6) is 0 Å². The lowest BCUT2D eigenvalue weighted by atomic mass is 9.96. The Hall–Kier alpha value is -3.43. The molecule has 2 saturated heterocycles. The summed E-state index contributed by atoms with van der Waals surface area (Å²) in [5.74, 6) is -1.44. The third-order valence-electron chi connectivity index (χ3n) is 5.99. The molecule has 1 unspecified atom stereocenters. The van der Waals surface area contributed by atoms with E-state index in [-0.39, 0.29) is 31.3 Å². The predicted molar refractivity (Wildman–Crippen MR) is 119 cm³/mol. The van der Waals surface area contributed by atoms with Gasteiger partial charge in [0, 0.05) is 43.2 Å². The molecular formula is C23H26F3N5O2. The van der Waals surface area contributed by atoms with Gasteiger partial charge in [-0.05, 0) is 54.8 Å². The van der Waals surface area contributed by atoms with Crippen molar-refractivity contribution in [1.29, 1.82) is 0 Å². The average Bonchev–Trinajstić information content (AvgIpc) is 3.25. The van der Waals surface area contributed by atoms with Gasteiger partial charge in [-0.2, -0.15) is 13.2 Å². The molecule has 1 atom stereocenters. The Bertz CT molecular complexity index is 971. The lowest BCUT2D eigenvalue weighted by Gasteiger charge is -2.34. The summed E-state index contributed by atoms with van der Waals surface area (Å²) < 4.78 is 38.5. The van der Waals surface area contributed by atoms with Crippen LogP contribution in [-0.4, -0.2) is 43.8 Å². The van der Waals surface area contributed by atoms with Gasteiger partial charge in [0.05, 0.1) is 5.92 Å². The van der Waals surface area contributed by atoms with Gasteiger partial charge >= 0.3 is 12.2 Å². The van der Waals surface area contributed by atoms with Crippen molar-refractivity contribution in [1.82, 2.24) is 16.0 Å². The Morgan fingerprint density at radius 2 is 1.61 bits per heavy atom. The van der Waals surface area contributed by atoms with Crippen molar-refractivity contribution >= 4 is 29.0 Å². The number of rotatable bonds is 6. The van der Waals surface area contributed by atoms with Gasteiger partial charge in [0.15, 0.2) is 0 Å². The Labute approximate surface area is 189 Å². The molecule has 0 radical (unpaired) electrons. The van der Waals surface area contributed by atoms with E-state index in [1.165, 1.54) is 0 Å². The van der Waals surface area contributed by atoms with Gasteiger partial charge in [0.25, 0.3) is 0 Å². The zero-order chi connectivity index (χ0) is 23.4. The third-order valence-corrected chi connectivity index (χ3v) is 5.99. The van der Waals surface area contributed by atoms with E-state index in [9.17, 15) is 22.8 Å². The summed E-state index contributed by atoms with van der Waals surface area (Å²) in [4.78, 5) is 25.1. The molecule has 2 aromatic rings.